The van der Waals surface area contributed by atoms with Crippen LogP contribution in [0.5, 0.6) is 0 Å². The molecule has 0 aliphatic carbocycles. The molecule has 3 amide bonds. The monoisotopic (exact) mass is 441 g/mol. The second-order valence-corrected chi connectivity index (χ2v) is 9.26. The van der Waals surface area contributed by atoms with Gasteiger partial charge in [0.05, 0.1) is 23.4 Å². The number of thioether (sulfide) groups is 1. The Balaban J connectivity index is 1.76. The number of carbonyl (C=O) groups is 2. The molecular weight excluding hydrogens is 422 g/mol. The van der Waals surface area contributed by atoms with Gasteiger partial charge in [-0.1, -0.05) is 17.8 Å². The second kappa shape index (κ2) is 8.90. The maximum absolute atomic E-state index is 12.8. The van der Waals surface area contributed by atoms with Crippen molar-refractivity contribution in [2.45, 2.75) is 22.3 Å². The number of nitrogens with one attached hydrogen (secondary N) is 1. The molecule has 1 aliphatic heterocycles. The van der Waals surface area contributed by atoms with Gasteiger partial charge in [-0.3, -0.25) is 10.1 Å². The molecule has 11 nitrogen and oxygen atoms in total. The van der Waals surface area contributed by atoms with Crippen molar-refractivity contribution in [2.75, 3.05) is 26.3 Å². The number of nitrogens with zero attached hydrogens (tertiary/aromatic N) is 3. The van der Waals surface area contributed by atoms with Gasteiger partial charge in [0.25, 0.3) is 5.22 Å². The standard InChI is InChI=1S/C16H19N5O6S2/c1-10(13(22)18-15(17)23)28-16-20-19-14(27-16)11-3-2-4-12(9-11)29(24,25)21-5-7-26-8-6-21/h2-4,9-10H,5-8H2,1H3,(H3,17,18,22,23). The number of ether oxygens (including phenoxy) is 1. The molecule has 0 spiro atoms. The molecule has 1 aliphatic rings. The molecule has 29 heavy (non-hydrogen) atoms. The lowest BCUT2D eigenvalue weighted by Gasteiger charge is -2.26. The zero-order chi connectivity index (χ0) is 21.0. The Morgan fingerprint density at radius 2 is 2.00 bits per heavy atom. The number of imide groups is 1. The van der Waals surface area contributed by atoms with Crippen LogP contribution in [0.4, 0.5) is 4.79 Å². The lowest BCUT2D eigenvalue weighted by atomic mass is 10.2. The van der Waals surface area contributed by atoms with E-state index in [1.165, 1.54) is 16.4 Å². The minimum absolute atomic E-state index is 0.0913. The minimum atomic E-state index is -3.67. The summed E-state index contributed by atoms with van der Waals surface area (Å²) < 4.78 is 37.7. The van der Waals surface area contributed by atoms with Crippen LogP contribution in [-0.2, 0) is 19.6 Å². The fourth-order valence-electron chi connectivity index (χ4n) is 2.53. The van der Waals surface area contributed by atoms with Gasteiger partial charge < -0.3 is 14.9 Å². The number of hydrogen-bond acceptors (Lipinski definition) is 9. The van der Waals surface area contributed by atoms with Gasteiger partial charge in [-0.2, -0.15) is 4.31 Å². The number of carbonyl (C=O) groups excluding carboxylic acids is 2. The van der Waals surface area contributed by atoms with E-state index in [-0.39, 0.29) is 16.0 Å². The van der Waals surface area contributed by atoms with E-state index in [0.29, 0.717) is 31.9 Å². The van der Waals surface area contributed by atoms with Crippen LogP contribution in [0.3, 0.4) is 0 Å². The highest BCUT2D eigenvalue weighted by Gasteiger charge is 2.27. The van der Waals surface area contributed by atoms with Gasteiger partial charge in [0.2, 0.25) is 21.8 Å². The number of sulfonamides is 1. The molecule has 2 heterocycles. The Labute approximate surface area is 171 Å². The summed E-state index contributed by atoms with van der Waals surface area (Å²) in [5.41, 5.74) is 5.34. The Morgan fingerprint density at radius 3 is 2.69 bits per heavy atom. The lowest BCUT2D eigenvalue weighted by molar-refractivity contribution is -0.119. The van der Waals surface area contributed by atoms with Crippen molar-refractivity contribution in [2.24, 2.45) is 5.73 Å². The van der Waals surface area contributed by atoms with Crippen LogP contribution in [0.1, 0.15) is 6.92 Å². The Hall–Kier alpha value is -2.48. The average molecular weight is 441 g/mol. The molecule has 3 rings (SSSR count). The van der Waals surface area contributed by atoms with Gasteiger partial charge in [0.1, 0.15) is 0 Å². The molecule has 1 unspecified atom stereocenters. The molecule has 1 fully saturated rings. The molecule has 2 aromatic rings. The third kappa shape index (κ3) is 5.12. The number of hydrogen-bond donors (Lipinski definition) is 2. The maximum atomic E-state index is 12.8. The van der Waals surface area contributed by atoms with E-state index in [4.69, 9.17) is 14.9 Å². The van der Waals surface area contributed by atoms with E-state index < -0.39 is 27.2 Å². The quantitative estimate of drug-likeness (QED) is 0.606. The zero-order valence-corrected chi connectivity index (χ0v) is 17.0. The van der Waals surface area contributed by atoms with E-state index in [2.05, 4.69) is 10.2 Å². The zero-order valence-electron chi connectivity index (χ0n) is 15.4. The summed E-state index contributed by atoms with van der Waals surface area (Å²) in [5, 5.41) is 9.11. The lowest BCUT2D eigenvalue weighted by Crippen LogP contribution is -2.40. The Kier molecular flexibility index (Phi) is 6.52. The predicted octanol–water partition coefficient (Wildman–Crippen LogP) is 0.433. The van der Waals surface area contributed by atoms with Gasteiger partial charge in [-0.15, -0.1) is 10.2 Å². The van der Waals surface area contributed by atoms with Gasteiger partial charge >= 0.3 is 6.03 Å². The van der Waals surface area contributed by atoms with Crippen LogP contribution in [0.25, 0.3) is 11.5 Å². The number of morpholine rings is 1. The van der Waals surface area contributed by atoms with Crippen molar-refractivity contribution in [1.82, 2.24) is 19.8 Å². The van der Waals surface area contributed by atoms with Crippen molar-refractivity contribution >= 4 is 33.7 Å². The molecule has 0 radical (unpaired) electrons. The highest BCUT2D eigenvalue weighted by atomic mass is 32.2. The van der Waals surface area contributed by atoms with Crippen LogP contribution < -0.4 is 11.1 Å². The van der Waals surface area contributed by atoms with Gasteiger partial charge in [-0.05, 0) is 25.1 Å². The summed E-state index contributed by atoms with van der Waals surface area (Å²) in [7, 11) is -3.67. The molecular formula is C16H19N5O6S2. The maximum Gasteiger partial charge on any atom is 0.318 e. The number of urea groups is 1. The first-order chi connectivity index (χ1) is 13.8. The summed E-state index contributed by atoms with van der Waals surface area (Å²) in [6.45, 7) is 2.83. The number of rotatable bonds is 6. The van der Waals surface area contributed by atoms with Crippen molar-refractivity contribution in [1.29, 1.82) is 0 Å². The third-order valence-electron chi connectivity index (χ3n) is 3.99. The normalized spacial score (nSPS) is 16.3. The Bertz CT molecular complexity index is 1000. The molecule has 1 atom stereocenters. The molecule has 13 heteroatoms. The molecule has 0 saturated carbocycles. The first-order valence-corrected chi connectivity index (χ1v) is 10.9. The molecule has 0 bridgehead atoms. The summed E-state index contributed by atoms with van der Waals surface area (Å²) >= 11 is 0.941. The third-order valence-corrected chi connectivity index (χ3v) is 6.82. The van der Waals surface area contributed by atoms with Gasteiger partial charge in [0.15, 0.2) is 0 Å². The SMILES string of the molecule is CC(Sc1nnc(-c2cccc(S(=O)(=O)N3CCOCC3)c2)o1)C(=O)NC(N)=O. The molecule has 1 aromatic heterocycles. The molecule has 3 N–H and O–H groups in total. The molecule has 1 aromatic carbocycles. The average Bonchev–Trinajstić information content (AvgIpc) is 3.16. The smallest absolute Gasteiger partial charge is 0.318 e. The van der Waals surface area contributed by atoms with Crippen LogP contribution in [-0.4, -0.2) is 66.4 Å². The van der Waals surface area contributed by atoms with Gasteiger partial charge in [-0.25, -0.2) is 13.2 Å². The predicted molar refractivity (Wildman–Crippen MR) is 102 cm³/mol. The Morgan fingerprint density at radius 1 is 1.28 bits per heavy atom. The van der Waals surface area contributed by atoms with E-state index in [0.717, 1.165) is 11.8 Å². The highest BCUT2D eigenvalue weighted by Crippen LogP contribution is 2.28. The second-order valence-electron chi connectivity index (χ2n) is 6.03. The number of amides is 3. The summed E-state index contributed by atoms with van der Waals surface area (Å²) in [4.78, 5) is 22.6. The topological polar surface area (TPSA) is 158 Å². The van der Waals surface area contributed by atoms with Crippen LogP contribution in [0.2, 0.25) is 0 Å². The molecule has 156 valence electrons. The van der Waals surface area contributed by atoms with Crippen molar-refractivity contribution in [3.63, 3.8) is 0 Å². The minimum Gasteiger partial charge on any atom is -0.411 e. The number of benzene rings is 1. The van der Waals surface area contributed by atoms with Crippen LogP contribution >= 0.6 is 11.8 Å². The van der Waals surface area contributed by atoms with E-state index in [1.54, 1.807) is 19.1 Å². The van der Waals surface area contributed by atoms with E-state index in [9.17, 15) is 18.0 Å². The first kappa shape index (κ1) is 21.2. The fraction of sp³-hybridized carbons (Fsp3) is 0.375. The van der Waals surface area contributed by atoms with Crippen molar-refractivity contribution < 1.29 is 27.2 Å². The van der Waals surface area contributed by atoms with Crippen molar-refractivity contribution in [3.05, 3.63) is 24.3 Å². The summed E-state index contributed by atoms with van der Waals surface area (Å²) in [6, 6.07) is 5.23. The van der Waals surface area contributed by atoms with E-state index in [1.807, 2.05) is 5.32 Å². The van der Waals surface area contributed by atoms with Crippen LogP contribution in [0, 0.1) is 0 Å². The number of aromatic nitrogens is 2. The molecule has 1 saturated heterocycles. The first-order valence-electron chi connectivity index (χ1n) is 8.56. The number of nitrogens with two attached hydrogens (primary N) is 1. The highest BCUT2D eigenvalue weighted by molar-refractivity contribution is 8.00. The number of primary amides is 1. The van der Waals surface area contributed by atoms with Gasteiger partial charge in [0, 0.05) is 18.7 Å². The summed E-state index contributed by atoms with van der Waals surface area (Å²) in [5.74, 6) is -0.491. The summed E-state index contributed by atoms with van der Waals surface area (Å²) in [6.07, 6.45) is 0. The largest absolute Gasteiger partial charge is 0.411 e. The van der Waals surface area contributed by atoms with Crippen molar-refractivity contribution in [3.8, 4) is 11.5 Å². The fourth-order valence-corrected chi connectivity index (χ4v) is 4.67. The van der Waals surface area contributed by atoms with Crippen LogP contribution in [0.15, 0.2) is 38.8 Å². The van der Waals surface area contributed by atoms with E-state index >= 15 is 0 Å².